The van der Waals surface area contributed by atoms with E-state index < -0.39 is 0 Å². The Hall–Kier alpha value is -5.44. The van der Waals surface area contributed by atoms with E-state index in [-0.39, 0.29) is 5.41 Å². The zero-order valence-electron chi connectivity index (χ0n) is 26.3. The summed E-state index contributed by atoms with van der Waals surface area (Å²) in [6.45, 7) is 4.68. The van der Waals surface area contributed by atoms with E-state index in [2.05, 4.69) is 170 Å². The highest BCUT2D eigenvalue weighted by molar-refractivity contribution is 7.26. The van der Waals surface area contributed by atoms with Crippen molar-refractivity contribution in [2.45, 2.75) is 19.3 Å². The molecule has 2 heterocycles. The summed E-state index contributed by atoms with van der Waals surface area (Å²) in [5, 5.41) is 10.3. The Bertz CT molecular complexity index is 2680. The number of rotatable bonds is 2. The average Bonchev–Trinajstić information content (AvgIpc) is 3.49. The van der Waals surface area contributed by atoms with Crippen LogP contribution in [0.15, 0.2) is 152 Å². The van der Waals surface area contributed by atoms with Gasteiger partial charge in [-0.25, -0.2) is 0 Å². The van der Waals surface area contributed by atoms with E-state index in [1.165, 1.54) is 91.8 Å². The third kappa shape index (κ3) is 3.95. The fraction of sp³-hybridized carbons (Fsp3) is 0.0667. The Kier molecular flexibility index (Phi) is 5.57. The predicted molar refractivity (Wildman–Crippen MR) is 204 cm³/mol. The van der Waals surface area contributed by atoms with Crippen LogP contribution in [0, 0.1) is 0 Å². The smallest absolute Gasteiger partial charge is 0.0502 e. The lowest BCUT2D eigenvalue weighted by molar-refractivity contribution is 0.632. The molecule has 0 amide bonds. The van der Waals surface area contributed by atoms with Crippen LogP contribution >= 0.6 is 11.3 Å². The van der Waals surface area contributed by atoms with Crippen molar-refractivity contribution in [3.63, 3.8) is 0 Å². The van der Waals surface area contributed by atoms with Gasteiger partial charge in [-0.3, -0.25) is 0 Å². The van der Waals surface area contributed by atoms with E-state index in [0.29, 0.717) is 0 Å². The van der Waals surface area contributed by atoms with E-state index in [1.807, 2.05) is 11.3 Å². The van der Waals surface area contributed by atoms with E-state index in [9.17, 15) is 0 Å². The summed E-state index contributed by atoms with van der Waals surface area (Å²) in [7, 11) is 0. The van der Waals surface area contributed by atoms with Gasteiger partial charge in [0, 0.05) is 31.3 Å². The van der Waals surface area contributed by atoms with Gasteiger partial charge in [0.1, 0.15) is 0 Å². The Morgan fingerprint density at radius 2 is 1.04 bits per heavy atom. The van der Waals surface area contributed by atoms with Crippen molar-refractivity contribution in [1.82, 2.24) is 0 Å². The normalized spacial score (nSPS) is 13.9. The molecule has 0 saturated carbocycles. The largest absolute Gasteiger partial charge is 0.310 e. The molecule has 10 rings (SSSR count). The summed E-state index contributed by atoms with van der Waals surface area (Å²) >= 11 is 1.89. The number of thiophene rings is 1. The number of fused-ring (bicyclic) bond motifs is 8. The quantitative estimate of drug-likeness (QED) is 0.174. The first-order valence-corrected chi connectivity index (χ1v) is 17.2. The molecule has 0 atom stereocenters. The Labute approximate surface area is 278 Å². The van der Waals surface area contributed by atoms with Crippen molar-refractivity contribution in [2.24, 2.45) is 0 Å². The van der Waals surface area contributed by atoms with E-state index >= 15 is 0 Å². The number of anilines is 3. The van der Waals surface area contributed by atoms with Gasteiger partial charge in [-0.15, -0.1) is 11.3 Å². The maximum absolute atomic E-state index is 2.44. The molecule has 0 fully saturated rings. The lowest BCUT2D eigenvalue weighted by Crippen LogP contribution is -2.30. The maximum atomic E-state index is 2.44. The highest BCUT2D eigenvalue weighted by Crippen LogP contribution is 2.52. The van der Waals surface area contributed by atoms with Gasteiger partial charge >= 0.3 is 0 Å². The molecule has 8 aromatic carbocycles. The van der Waals surface area contributed by atoms with Gasteiger partial charge in [0.05, 0.1) is 11.4 Å². The minimum atomic E-state index is -0.0674. The molecule has 0 bridgehead atoms. The Balaban J connectivity index is 1.10. The number of hydrogen-bond donors (Lipinski definition) is 0. The standard InChI is InChI=1S/C45H31NS/c1-45(2)39-13-4-6-15-41(39)46(42-16-7-5-14-40(42)45)35-21-20-29-23-32-25-31-24-30(19-18-28(31)22-33(32)26-34(29)27-35)36-11-9-12-38-37-10-3-8-17-43(37)47-44(36)38/h3-27H,1-2H3. The van der Waals surface area contributed by atoms with Crippen LogP contribution in [0.5, 0.6) is 0 Å². The molecule has 47 heavy (non-hydrogen) atoms. The van der Waals surface area contributed by atoms with Crippen LogP contribution in [-0.2, 0) is 5.41 Å². The van der Waals surface area contributed by atoms with E-state index in [1.54, 1.807) is 0 Å². The van der Waals surface area contributed by atoms with Gasteiger partial charge in [-0.1, -0.05) is 105 Å². The number of para-hydroxylation sites is 2. The summed E-state index contributed by atoms with van der Waals surface area (Å²) in [6.07, 6.45) is 0. The third-order valence-electron chi connectivity index (χ3n) is 10.3. The Morgan fingerprint density at radius 3 is 1.79 bits per heavy atom. The summed E-state index contributed by atoms with van der Waals surface area (Å²) in [6, 6.07) is 56.5. The van der Waals surface area contributed by atoms with Crippen LogP contribution in [0.2, 0.25) is 0 Å². The van der Waals surface area contributed by atoms with Gasteiger partial charge in [-0.05, 0) is 115 Å². The fourth-order valence-corrected chi connectivity index (χ4v) is 9.20. The first kappa shape index (κ1) is 26.7. The molecule has 1 aromatic heterocycles. The minimum Gasteiger partial charge on any atom is -0.310 e. The summed E-state index contributed by atoms with van der Waals surface area (Å²) < 4.78 is 2.70. The van der Waals surface area contributed by atoms with Crippen molar-refractivity contribution in [2.75, 3.05) is 4.90 Å². The van der Waals surface area contributed by atoms with Crippen molar-refractivity contribution >= 4 is 80.9 Å². The minimum absolute atomic E-state index is 0.0674. The van der Waals surface area contributed by atoms with Crippen molar-refractivity contribution in [3.8, 4) is 11.1 Å². The Morgan fingerprint density at radius 1 is 0.468 bits per heavy atom. The summed E-state index contributed by atoms with van der Waals surface area (Å²) in [5.41, 5.74) is 8.91. The predicted octanol–water partition coefficient (Wildman–Crippen LogP) is 13.3. The van der Waals surface area contributed by atoms with Gasteiger partial charge < -0.3 is 4.90 Å². The molecule has 0 spiro atoms. The third-order valence-corrected chi connectivity index (χ3v) is 11.6. The lowest BCUT2D eigenvalue weighted by atomic mass is 9.73. The molecule has 0 aliphatic carbocycles. The van der Waals surface area contributed by atoms with Crippen LogP contribution in [0.1, 0.15) is 25.0 Å². The maximum Gasteiger partial charge on any atom is 0.0502 e. The molecule has 1 nitrogen and oxygen atoms in total. The molecule has 1 aliphatic heterocycles. The average molecular weight is 618 g/mol. The fourth-order valence-electron chi connectivity index (χ4n) is 7.97. The van der Waals surface area contributed by atoms with Crippen LogP contribution in [-0.4, -0.2) is 0 Å². The van der Waals surface area contributed by atoms with Crippen molar-refractivity contribution in [3.05, 3.63) is 163 Å². The van der Waals surface area contributed by atoms with Gasteiger partial charge in [0.15, 0.2) is 0 Å². The van der Waals surface area contributed by atoms with E-state index in [0.717, 1.165) is 0 Å². The summed E-state index contributed by atoms with van der Waals surface area (Å²) in [5.74, 6) is 0. The molecular weight excluding hydrogens is 587 g/mol. The number of nitrogens with zero attached hydrogens (tertiary/aromatic N) is 1. The van der Waals surface area contributed by atoms with Gasteiger partial charge in [-0.2, -0.15) is 0 Å². The molecule has 0 N–H and O–H groups in total. The molecule has 9 aromatic rings. The van der Waals surface area contributed by atoms with Crippen LogP contribution in [0.4, 0.5) is 17.1 Å². The zero-order chi connectivity index (χ0) is 31.3. The van der Waals surface area contributed by atoms with Crippen LogP contribution < -0.4 is 4.90 Å². The molecular formula is C45H31NS. The monoisotopic (exact) mass is 617 g/mol. The topological polar surface area (TPSA) is 3.24 Å². The molecule has 2 heteroatoms. The second-order valence-corrected chi connectivity index (χ2v) is 14.5. The van der Waals surface area contributed by atoms with Crippen LogP contribution in [0.25, 0.3) is 63.6 Å². The van der Waals surface area contributed by atoms with E-state index in [4.69, 9.17) is 0 Å². The molecule has 0 radical (unpaired) electrons. The molecule has 222 valence electrons. The van der Waals surface area contributed by atoms with Crippen molar-refractivity contribution in [1.29, 1.82) is 0 Å². The molecule has 1 aliphatic rings. The van der Waals surface area contributed by atoms with Gasteiger partial charge in [0.2, 0.25) is 0 Å². The van der Waals surface area contributed by atoms with Crippen molar-refractivity contribution < 1.29 is 0 Å². The second kappa shape index (κ2) is 9.78. The van der Waals surface area contributed by atoms with Gasteiger partial charge in [0.25, 0.3) is 0 Å². The zero-order valence-corrected chi connectivity index (χ0v) is 27.1. The first-order valence-electron chi connectivity index (χ1n) is 16.3. The molecule has 0 unspecified atom stereocenters. The van der Waals surface area contributed by atoms with Crippen LogP contribution in [0.3, 0.4) is 0 Å². The molecule has 0 saturated heterocycles. The SMILES string of the molecule is CC1(C)c2ccccc2N(c2ccc3cc4cc5cc(-c6cccc7c6sc6ccccc67)ccc5cc4cc3c2)c2ccccc21. The first-order chi connectivity index (χ1) is 23.0. The number of benzene rings is 8. The highest BCUT2D eigenvalue weighted by atomic mass is 32.1. The number of hydrogen-bond acceptors (Lipinski definition) is 2. The second-order valence-electron chi connectivity index (χ2n) is 13.4. The highest BCUT2D eigenvalue weighted by Gasteiger charge is 2.36. The summed E-state index contributed by atoms with van der Waals surface area (Å²) in [4.78, 5) is 2.44. The lowest BCUT2D eigenvalue weighted by Gasteiger charge is -2.42.